The average molecular weight is 509 g/mol. The van der Waals surface area contributed by atoms with E-state index in [-0.39, 0.29) is 17.4 Å². The van der Waals surface area contributed by atoms with Crippen LogP contribution in [-0.2, 0) is 6.42 Å². The molecule has 1 aliphatic heterocycles. The summed E-state index contributed by atoms with van der Waals surface area (Å²) in [5.41, 5.74) is 9.39. The van der Waals surface area contributed by atoms with E-state index in [9.17, 15) is 9.59 Å². The van der Waals surface area contributed by atoms with E-state index < -0.39 is 0 Å². The van der Waals surface area contributed by atoms with E-state index in [0.29, 0.717) is 22.1 Å². The van der Waals surface area contributed by atoms with E-state index in [1.54, 1.807) is 39.7 Å². The van der Waals surface area contributed by atoms with Crippen LogP contribution in [0.2, 0.25) is 4.34 Å². The number of aromatic nitrogens is 4. The largest absolute Gasteiger partial charge is 0.370 e. The van der Waals surface area contributed by atoms with Crippen molar-refractivity contribution in [2.45, 2.75) is 31.7 Å². The molecule has 0 spiro atoms. The maximum Gasteiger partial charge on any atom is 0.255 e. The second kappa shape index (κ2) is 10.2. The Hall–Kier alpha value is -3.27. The summed E-state index contributed by atoms with van der Waals surface area (Å²) in [6.45, 7) is 1.64. The molecule has 0 amide bonds. The number of nitrogens with zero attached hydrogens (tertiary/aromatic N) is 5. The van der Waals surface area contributed by atoms with Crippen molar-refractivity contribution in [1.82, 2.24) is 19.6 Å². The first-order valence-electron chi connectivity index (χ1n) is 11.5. The number of carbonyl (C=O) groups excluding carboxylic acids is 1. The number of nitrogens with two attached hydrogens (primary N) is 1. The molecule has 0 aliphatic carbocycles. The smallest absolute Gasteiger partial charge is 0.255 e. The van der Waals surface area contributed by atoms with Gasteiger partial charge >= 0.3 is 0 Å². The summed E-state index contributed by atoms with van der Waals surface area (Å²) in [6.07, 6.45) is 6.23. The molecule has 0 atom stereocenters. The zero-order valence-electron chi connectivity index (χ0n) is 19.0. The summed E-state index contributed by atoms with van der Waals surface area (Å²) in [6, 6.07) is 14.7. The predicted molar refractivity (Wildman–Crippen MR) is 138 cm³/mol. The lowest BCUT2D eigenvalue weighted by atomic mass is 10.0. The van der Waals surface area contributed by atoms with Gasteiger partial charge in [0.2, 0.25) is 0 Å². The number of hydrogen-bond donors (Lipinski definition) is 1. The van der Waals surface area contributed by atoms with Crippen molar-refractivity contribution in [2.24, 2.45) is 5.73 Å². The van der Waals surface area contributed by atoms with E-state index in [0.717, 1.165) is 48.7 Å². The quantitative estimate of drug-likeness (QED) is 0.380. The molecule has 180 valence electrons. The Morgan fingerprint density at radius 3 is 2.69 bits per heavy atom. The third kappa shape index (κ3) is 5.22. The summed E-state index contributed by atoms with van der Waals surface area (Å²) < 4.78 is 3.97. The molecular formula is C25H25ClN6O2S. The maximum atomic E-state index is 12.4. The van der Waals surface area contributed by atoms with E-state index in [2.05, 4.69) is 15.2 Å². The van der Waals surface area contributed by atoms with Gasteiger partial charge in [0.1, 0.15) is 0 Å². The van der Waals surface area contributed by atoms with Gasteiger partial charge in [-0.1, -0.05) is 22.9 Å². The molecule has 4 heterocycles. The molecule has 5 rings (SSSR count). The number of carbonyl (C=O) groups is 1. The number of Topliss-reactive ketones (excluding diaryl/α,β-unsaturated/α-hetero) is 1. The van der Waals surface area contributed by atoms with Crippen molar-refractivity contribution in [2.75, 3.05) is 18.0 Å². The van der Waals surface area contributed by atoms with E-state index in [1.807, 2.05) is 30.5 Å². The lowest BCUT2D eigenvalue weighted by Crippen LogP contribution is -2.40. The van der Waals surface area contributed by atoms with Crippen LogP contribution in [0.5, 0.6) is 0 Å². The van der Waals surface area contributed by atoms with Crippen LogP contribution < -0.4 is 16.2 Å². The van der Waals surface area contributed by atoms with Gasteiger partial charge in [0.05, 0.1) is 38.2 Å². The van der Waals surface area contributed by atoms with Crippen molar-refractivity contribution in [3.05, 3.63) is 86.2 Å². The van der Waals surface area contributed by atoms with Gasteiger partial charge in [-0.3, -0.25) is 14.2 Å². The number of hydrogen-bond acceptors (Lipinski definition) is 7. The summed E-state index contributed by atoms with van der Waals surface area (Å²) >= 11 is 7.24. The van der Waals surface area contributed by atoms with Gasteiger partial charge in [0.15, 0.2) is 5.78 Å². The molecule has 2 N–H and O–H groups in total. The van der Waals surface area contributed by atoms with Crippen molar-refractivity contribution in [3.8, 4) is 11.4 Å². The van der Waals surface area contributed by atoms with Crippen LogP contribution in [0.4, 0.5) is 5.69 Å². The SMILES string of the molecule is NC1CCN(c2cc(-n3ccccc3=O)ccc2-n2cc(CCC(=O)c3ccc(Cl)s3)nn2)CC1. The first-order valence-corrected chi connectivity index (χ1v) is 12.7. The fraction of sp³-hybridized carbons (Fsp3) is 0.280. The molecule has 1 saturated heterocycles. The molecular weight excluding hydrogens is 484 g/mol. The molecule has 0 radical (unpaired) electrons. The number of halogens is 1. The average Bonchev–Trinajstić information content (AvgIpc) is 3.52. The van der Waals surface area contributed by atoms with Crippen LogP contribution in [-0.4, -0.2) is 44.5 Å². The summed E-state index contributed by atoms with van der Waals surface area (Å²) in [5.74, 6) is 0.0412. The number of anilines is 1. The lowest BCUT2D eigenvalue weighted by Gasteiger charge is -2.33. The minimum Gasteiger partial charge on any atom is -0.370 e. The van der Waals surface area contributed by atoms with Crippen LogP contribution in [0, 0.1) is 0 Å². The van der Waals surface area contributed by atoms with E-state index in [1.165, 1.54) is 11.3 Å². The highest BCUT2D eigenvalue weighted by atomic mass is 35.5. The van der Waals surface area contributed by atoms with Crippen molar-refractivity contribution in [1.29, 1.82) is 0 Å². The Labute approximate surface area is 211 Å². The third-order valence-corrected chi connectivity index (χ3v) is 7.46. The highest BCUT2D eigenvalue weighted by molar-refractivity contribution is 7.18. The second-order valence-electron chi connectivity index (χ2n) is 8.59. The highest BCUT2D eigenvalue weighted by Crippen LogP contribution is 2.29. The van der Waals surface area contributed by atoms with E-state index in [4.69, 9.17) is 17.3 Å². The molecule has 3 aromatic heterocycles. The first-order chi connectivity index (χ1) is 17.0. The Morgan fingerprint density at radius 2 is 1.94 bits per heavy atom. The number of ketones is 1. The molecule has 0 bridgehead atoms. The highest BCUT2D eigenvalue weighted by Gasteiger charge is 2.21. The topological polar surface area (TPSA) is 99.0 Å². The van der Waals surface area contributed by atoms with Crippen molar-refractivity contribution in [3.63, 3.8) is 0 Å². The van der Waals surface area contributed by atoms with Crippen molar-refractivity contribution >= 4 is 34.4 Å². The minimum atomic E-state index is -0.0911. The number of piperidine rings is 1. The standard InChI is InChI=1S/C25H25ClN6O2S/c26-24-9-8-23(35-24)22(33)7-4-18-16-32(29-28-18)20-6-5-19(31-12-2-1-3-25(31)34)15-21(20)30-13-10-17(27)11-14-30/h1-3,5-6,8-9,12,15-17H,4,7,10-11,13-14,27H2. The monoisotopic (exact) mass is 508 g/mol. The molecule has 1 aliphatic rings. The first kappa shape index (κ1) is 23.5. The zero-order valence-corrected chi connectivity index (χ0v) is 20.6. The number of benzene rings is 1. The van der Waals surface area contributed by atoms with Crippen LogP contribution >= 0.6 is 22.9 Å². The molecule has 1 aromatic carbocycles. The molecule has 0 unspecified atom stereocenters. The zero-order chi connectivity index (χ0) is 24.4. The van der Waals surface area contributed by atoms with Crippen LogP contribution in [0.15, 0.2) is 65.7 Å². The molecule has 35 heavy (non-hydrogen) atoms. The Morgan fingerprint density at radius 1 is 1.11 bits per heavy atom. The number of thiophene rings is 1. The third-order valence-electron chi connectivity index (χ3n) is 6.18. The molecule has 10 heteroatoms. The van der Waals surface area contributed by atoms with E-state index >= 15 is 0 Å². The van der Waals surface area contributed by atoms with Gasteiger partial charge in [0, 0.05) is 44.2 Å². The number of pyridine rings is 1. The fourth-order valence-electron chi connectivity index (χ4n) is 4.25. The van der Waals surface area contributed by atoms with Crippen LogP contribution in [0.1, 0.15) is 34.6 Å². The normalized spacial score (nSPS) is 14.4. The molecule has 1 fully saturated rings. The molecule has 4 aromatic rings. The number of rotatable bonds is 7. The predicted octanol–water partition coefficient (Wildman–Crippen LogP) is 3.88. The van der Waals surface area contributed by atoms with Gasteiger partial charge in [-0.25, -0.2) is 4.68 Å². The van der Waals surface area contributed by atoms with Crippen LogP contribution in [0.3, 0.4) is 0 Å². The Bertz CT molecular complexity index is 1400. The summed E-state index contributed by atoms with van der Waals surface area (Å²) in [7, 11) is 0. The maximum absolute atomic E-state index is 12.4. The van der Waals surface area contributed by atoms with Crippen LogP contribution in [0.25, 0.3) is 11.4 Å². The van der Waals surface area contributed by atoms with Gasteiger partial charge in [-0.05, 0) is 49.2 Å². The Balaban J connectivity index is 1.42. The second-order valence-corrected chi connectivity index (χ2v) is 10.3. The number of aryl methyl sites for hydroxylation is 1. The summed E-state index contributed by atoms with van der Waals surface area (Å²) in [4.78, 5) is 27.8. The van der Waals surface area contributed by atoms with Gasteiger partial charge < -0.3 is 10.6 Å². The lowest BCUT2D eigenvalue weighted by molar-refractivity contribution is 0.0986. The van der Waals surface area contributed by atoms with Gasteiger partial charge in [0.25, 0.3) is 5.56 Å². The molecule has 0 saturated carbocycles. The van der Waals surface area contributed by atoms with Gasteiger partial charge in [-0.15, -0.1) is 16.4 Å². The van der Waals surface area contributed by atoms with Gasteiger partial charge in [-0.2, -0.15) is 0 Å². The van der Waals surface area contributed by atoms with Crippen molar-refractivity contribution < 1.29 is 4.79 Å². The minimum absolute atomic E-state index is 0.0412. The Kier molecular flexibility index (Phi) is 6.81. The molecule has 8 nitrogen and oxygen atoms in total. The fourth-order valence-corrected chi connectivity index (χ4v) is 5.26. The summed E-state index contributed by atoms with van der Waals surface area (Å²) in [5, 5.41) is 8.65.